The van der Waals surface area contributed by atoms with Crippen LogP contribution in [-0.4, -0.2) is 15.5 Å². The van der Waals surface area contributed by atoms with Crippen LogP contribution in [0.3, 0.4) is 0 Å². The Kier molecular flexibility index (Phi) is 4.22. The van der Waals surface area contributed by atoms with Crippen molar-refractivity contribution in [2.24, 2.45) is 0 Å². The second-order valence-electron chi connectivity index (χ2n) is 5.92. The number of fused-ring (bicyclic) bond motifs is 1. The molecule has 1 heterocycles. The molecule has 3 aromatic carbocycles. The summed E-state index contributed by atoms with van der Waals surface area (Å²) in [7, 11) is 0. The number of aromatic nitrogens is 2. The van der Waals surface area contributed by atoms with Crippen LogP contribution in [0.5, 0.6) is 0 Å². The van der Waals surface area contributed by atoms with Crippen LogP contribution in [0.15, 0.2) is 83.9 Å². The first-order valence-corrected chi connectivity index (χ1v) is 8.26. The lowest BCUT2D eigenvalue weighted by molar-refractivity contribution is 0.102. The summed E-state index contributed by atoms with van der Waals surface area (Å²) in [5, 5.41) is 2.91. The Morgan fingerprint density at radius 1 is 0.963 bits per heavy atom. The number of halogens is 1. The van der Waals surface area contributed by atoms with Crippen molar-refractivity contribution in [1.82, 2.24) is 9.55 Å². The molecule has 4 rings (SSSR count). The molecule has 132 valence electrons. The molecular formula is C21H14FN3O2. The molecule has 0 saturated carbocycles. The highest BCUT2D eigenvalue weighted by atomic mass is 19.1. The van der Waals surface area contributed by atoms with Crippen LogP contribution in [0.2, 0.25) is 0 Å². The fourth-order valence-corrected chi connectivity index (χ4v) is 2.79. The predicted octanol–water partition coefficient (Wildman–Crippen LogP) is 3.78. The maximum atomic E-state index is 13.7. The first-order valence-electron chi connectivity index (χ1n) is 8.26. The van der Waals surface area contributed by atoms with Crippen molar-refractivity contribution in [3.63, 3.8) is 0 Å². The number of nitrogens with zero attached hydrogens (tertiary/aromatic N) is 2. The number of rotatable bonds is 3. The van der Waals surface area contributed by atoms with Crippen LogP contribution in [0.25, 0.3) is 16.6 Å². The molecule has 0 radical (unpaired) electrons. The maximum absolute atomic E-state index is 13.7. The lowest BCUT2D eigenvalue weighted by Crippen LogP contribution is -2.19. The molecule has 0 aliphatic heterocycles. The summed E-state index contributed by atoms with van der Waals surface area (Å²) in [5.74, 6) is -0.994. The lowest BCUT2D eigenvalue weighted by atomic mass is 10.1. The van der Waals surface area contributed by atoms with E-state index in [-0.39, 0.29) is 16.8 Å². The molecule has 6 heteroatoms. The van der Waals surface area contributed by atoms with Crippen molar-refractivity contribution >= 4 is 22.5 Å². The van der Waals surface area contributed by atoms with Crippen molar-refractivity contribution in [3.8, 4) is 5.69 Å². The number of hydrogen-bond acceptors (Lipinski definition) is 3. The molecule has 0 unspecified atom stereocenters. The third-order valence-corrected chi connectivity index (χ3v) is 4.18. The summed E-state index contributed by atoms with van der Waals surface area (Å²) >= 11 is 0. The molecule has 1 N–H and O–H groups in total. The van der Waals surface area contributed by atoms with Gasteiger partial charge in [0.1, 0.15) is 12.1 Å². The molecule has 0 spiro atoms. The number of nitrogens with one attached hydrogen (secondary N) is 1. The number of anilines is 1. The maximum Gasteiger partial charge on any atom is 0.265 e. The van der Waals surface area contributed by atoms with Crippen molar-refractivity contribution in [2.45, 2.75) is 0 Å². The SMILES string of the molecule is O=C(Nc1ccccc1F)c1ccc2c(=O)n(-c3ccccc3)cnc2c1. The molecule has 1 amide bonds. The largest absolute Gasteiger partial charge is 0.319 e. The highest BCUT2D eigenvalue weighted by Gasteiger charge is 2.12. The predicted molar refractivity (Wildman–Crippen MR) is 102 cm³/mol. The Hall–Kier alpha value is -3.80. The van der Waals surface area contributed by atoms with Crippen molar-refractivity contribution in [2.75, 3.05) is 5.32 Å². The van der Waals surface area contributed by atoms with Gasteiger partial charge in [0.2, 0.25) is 0 Å². The number of carbonyl (C=O) groups excluding carboxylic acids is 1. The zero-order chi connectivity index (χ0) is 18.8. The van der Waals surface area contributed by atoms with E-state index in [1.54, 1.807) is 18.2 Å². The number of carbonyl (C=O) groups is 1. The molecule has 0 fully saturated rings. The minimum Gasteiger partial charge on any atom is -0.319 e. The number of para-hydroxylation sites is 2. The summed E-state index contributed by atoms with van der Waals surface area (Å²) in [6.07, 6.45) is 1.43. The van der Waals surface area contributed by atoms with Crippen LogP contribution in [-0.2, 0) is 0 Å². The van der Waals surface area contributed by atoms with Gasteiger partial charge in [-0.05, 0) is 42.5 Å². The van der Waals surface area contributed by atoms with Crippen molar-refractivity contribution in [3.05, 3.63) is 101 Å². The van der Waals surface area contributed by atoms with E-state index in [2.05, 4.69) is 10.3 Å². The summed E-state index contributed by atoms with van der Waals surface area (Å²) in [6, 6.07) is 19.7. The van der Waals surface area contributed by atoms with Crippen molar-refractivity contribution < 1.29 is 9.18 Å². The zero-order valence-corrected chi connectivity index (χ0v) is 14.1. The number of hydrogen-bond donors (Lipinski definition) is 1. The standard InChI is InChI=1S/C21H14FN3O2/c22-17-8-4-5-9-18(17)24-20(26)14-10-11-16-19(12-14)23-13-25(21(16)27)15-6-2-1-3-7-15/h1-13H,(H,24,26). The van der Waals surface area contributed by atoms with Crippen molar-refractivity contribution in [1.29, 1.82) is 0 Å². The minimum atomic E-state index is -0.518. The Labute approximate surface area is 153 Å². The van der Waals surface area contributed by atoms with Crippen LogP contribution in [0.4, 0.5) is 10.1 Å². The van der Waals surface area contributed by atoms with E-state index in [9.17, 15) is 14.0 Å². The Morgan fingerprint density at radius 2 is 1.70 bits per heavy atom. The zero-order valence-electron chi connectivity index (χ0n) is 14.1. The quantitative estimate of drug-likeness (QED) is 0.605. The van der Waals surface area contributed by atoms with E-state index in [1.807, 2.05) is 30.3 Å². The molecule has 0 aliphatic carbocycles. The van der Waals surface area contributed by atoms with E-state index >= 15 is 0 Å². The Morgan fingerprint density at radius 3 is 2.48 bits per heavy atom. The molecule has 0 aliphatic rings. The van der Waals surface area contributed by atoms with Crippen LogP contribution in [0, 0.1) is 5.82 Å². The van der Waals surface area contributed by atoms with E-state index in [1.165, 1.54) is 35.2 Å². The first-order chi connectivity index (χ1) is 13.1. The summed E-state index contributed by atoms with van der Waals surface area (Å²) < 4.78 is 15.2. The van der Waals surface area contributed by atoms with Gasteiger partial charge in [0.15, 0.2) is 0 Å². The normalized spacial score (nSPS) is 10.7. The van der Waals surface area contributed by atoms with Gasteiger partial charge in [0.05, 0.1) is 22.3 Å². The van der Waals surface area contributed by atoms with Crippen LogP contribution < -0.4 is 10.9 Å². The number of amides is 1. The molecule has 0 bridgehead atoms. The van der Waals surface area contributed by atoms with E-state index in [4.69, 9.17) is 0 Å². The van der Waals surface area contributed by atoms with Gasteiger partial charge in [0, 0.05) is 5.56 Å². The Bertz CT molecular complexity index is 1200. The summed E-state index contributed by atoms with van der Waals surface area (Å²) in [4.78, 5) is 29.4. The molecule has 1 aromatic heterocycles. The van der Waals surface area contributed by atoms with E-state index < -0.39 is 11.7 Å². The minimum absolute atomic E-state index is 0.0926. The van der Waals surface area contributed by atoms with E-state index in [0.717, 1.165) is 0 Å². The number of benzene rings is 3. The van der Waals surface area contributed by atoms with Gasteiger partial charge >= 0.3 is 0 Å². The van der Waals surface area contributed by atoms with Gasteiger partial charge in [0.25, 0.3) is 11.5 Å². The highest BCUT2D eigenvalue weighted by molar-refractivity contribution is 6.06. The molecule has 27 heavy (non-hydrogen) atoms. The average molecular weight is 359 g/mol. The first kappa shape index (κ1) is 16.7. The van der Waals surface area contributed by atoms with Gasteiger partial charge in [-0.2, -0.15) is 0 Å². The van der Waals surface area contributed by atoms with Gasteiger partial charge in [-0.3, -0.25) is 14.2 Å². The van der Waals surface area contributed by atoms with Gasteiger partial charge < -0.3 is 5.32 Å². The smallest absolute Gasteiger partial charge is 0.265 e. The van der Waals surface area contributed by atoms with Crippen LogP contribution in [0.1, 0.15) is 10.4 Å². The fourth-order valence-electron chi connectivity index (χ4n) is 2.79. The third-order valence-electron chi connectivity index (χ3n) is 4.18. The molecular weight excluding hydrogens is 345 g/mol. The second kappa shape index (κ2) is 6.84. The lowest BCUT2D eigenvalue weighted by Gasteiger charge is -2.09. The summed E-state index contributed by atoms with van der Waals surface area (Å²) in [5.41, 5.74) is 1.25. The average Bonchev–Trinajstić information content (AvgIpc) is 2.70. The molecule has 4 aromatic rings. The fraction of sp³-hybridized carbons (Fsp3) is 0. The van der Waals surface area contributed by atoms with Gasteiger partial charge in [-0.1, -0.05) is 30.3 Å². The third kappa shape index (κ3) is 3.20. The highest BCUT2D eigenvalue weighted by Crippen LogP contribution is 2.16. The molecule has 5 nitrogen and oxygen atoms in total. The summed E-state index contributed by atoms with van der Waals surface area (Å²) in [6.45, 7) is 0. The molecule has 0 saturated heterocycles. The van der Waals surface area contributed by atoms with Gasteiger partial charge in [-0.25, -0.2) is 9.37 Å². The van der Waals surface area contributed by atoms with E-state index in [0.29, 0.717) is 16.6 Å². The second-order valence-corrected chi connectivity index (χ2v) is 5.92. The molecule has 0 atom stereocenters. The van der Waals surface area contributed by atoms with Crippen LogP contribution >= 0.6 is 0 Å². The van der Waals surface area contributed by atoms with Gasteiger partial charge in [-0.15, -0.1) is 0 Å². The Balaban J connectivity index is 1.70. The monoisotopic (exact) mass is 359 g/mol. The topological polar surface area (TPSA) is 64.0 Å².